The first-order chi connectivity index (χ1) is 16.7. The van der Waals surface area contributed by atoms with Crippen LogP contribution in [0, 0.1) is 11.7 Å². The van der Waals surface area contributed by atoms with E-state index in [0.717, 1.165) is 23.9 Å². The first-order valence-corrected chi connectivity index (χ1v) is 12.4. The maximum Gasteiger partial charge on any atom is 0.416 e. The standard InChI is InChI=1S/C25H27F4N3O3S/c1-24(2,3)32(23(34)35)16-6-4-5-13(9-16)22(33)31-18-10-14(25(27,28)29)11-20-21(18)30-17-12-15(26)7-8-19(17)36-20/h7-8,10-13,16,30H,4-6,9H2,1-3H3,(H,31,33)(H,34,35). The second-order valence-corrected chi connectivity index (χ2v) is 11.2. The SMILES string of the molecule is CC(C)(C)N(C(=O)O)C1CCCC(C(=O)Nc2cc(C(F)(F)F)cc3c2Nc2cc(F)ccc2S3)C1. The molecule has 2 atom stereocenters. The number of hydrogen-bond acceptors (Lipinski definition) is 4. The van der Waals surface area contributed by atoms with Crippen molar-refractivity contribution in [2.45, 2.75) is 74.0 Å². The molecule has 1 fully saturated rings. The lowest BCUT2D eigenvalue weighted by atomic mass is 9.83. The number of fused-ring (bicyclic) bond motifs is 2. The van der Waals surface area contributed by atoms with Crippen molar-refractivity contribution in [1.82, 2.24) is 4.90 Å². The third kappa shape index (κ3) is 5.40. The Kier molecular flexibility index (Phi) is 6.89. The minimum atomic E-state index is -4.64. The second kappa shape index (κ2) is 9.49. The molecule has 2 aliphatic rings. The molecule has 36 heavy (non-hydrogen) atoms. The van der Waals surface area contributed by atoms with Crippen molar-refractivity contribution in [1.29, 1.82) is 0 Å². The Morgan fingerprint density at radius 3 is 2.47 bits per heavy atom. The molecule has 2 aromatic rings. The number of nitrogens with zero attached hydrogens (tertiary/aromatic N) is 1. The number of carboxylic acid groups (broad SMARTS) is 1. The molecule has 0 aromatic heterocycles. The molecule has 1 heterocycles. The summed E-state index contributed by atoms with van der Waals surface area (Å²) in [7, 11) is 0. The van der Waals surface area contributed by atoms with Gasteiger partial charge in [-0.1, -0.05) is 18.2 Å². The smallest absolute Gasteiger partial charge is 0.416 e. The van der Waals surface area contributed by atoms with E-state index in [-0.39, 0.29) is 28.7 Å². The molecule has 0 saturated heterocycles. The summed E-state index contributed by atoms with van der Waals surface area (Å²) < 4.78 is 54.7. The van der Waals surface area contributed by atoms with E-state index in [4.69, 9.17) is 0 Å². The Morgan fingerprint density at radius 2 is 1.83 bits per heavy atom. The molecule has 0 bridgehead atoms. The lowest BCUT2D eigenvalue weighted by Gasteiger charge is -2.42. The largest absolute Gasteiger partial charge is 0.465 e. The lowest BCUT2D eigenvalue weighted by molar-refractivity contribution is -0.137. The summed E-state index contributed by atoms with van der Waals surface area (Å²) in [5.41, 5.74) is -0.988. The number of anilines is 3. The van der Waals surface area contributed by atoms with Crippen molar-refractivity contribution in [2.24, 2.45) is 5.92 Å². The van der Waals surface area contributed by atoms with Crippen molar-refractivity contribution in [2.75, 3.05) is 10.6 Å². The average molecular weight is 526 g/mol. The summed E-state index contributed by atoms with van der Waals surface area (Å²) >= 11 is 1.06. The molecule has 3 N–H and O–H groups in total. The van der Waals surface area contributed by atoms with E-state index in [9.17, 15) is 32.3 Å². The van der Waals surface area contributed by atoms with E-state index in [2.05, 4.69) is 10.6 Å². The van der Waals surface area contributed by atoms with Crippen LogP contribution in [0.4, 0.5) is 39.4 Å². The van der Waals surface area contributed by atoms with Gasteiger partial charge in [-0.15, -0.1) is 0 Å². The van der Waals surface area contributed by atoms with Crippen LogP contribution in [0.3, 0.4) is 0 Å². The quantitative estimate of drug-likeness (QED) is 0.312. The molecule has 6 nitrogen and oxygen atoms in total. The van der Waals surface area contributed by atoms with E-state index in [1.54, 1.807) is 20.8 Å². The van der Waals surface area contributed by atoms with Crippen LogP contribution in [0.15, 0.2) is 40.1 Å². The molecule has 194 valence electrons. The zero-order valence-electron chi connectivity index (χ0n) is 20.0. The summed E-state index contributed by atoms with van der Waals surface area (Å²) in [4.78, 5) is 27.3. The van der Waals surface area contributed by atoms with Crippen LogP contribution in [0.1, 0.15) is 52.0 Å². The van der Waals surface area contributed by atoms with Crippen molar-refractivity contribution >= 4 is 40.8 Å². The van der Waals surface area contributed by atoms with Crippen LogP contribution in [-0.2, 0) is 11.0 Å². The van der Waals surface area contributed by atoms with Gasteiger partial charge >= 0.3 is 12.3 Å². The predicted octanol–water partition coefficient (Wildman–Crippen LogP) is 7.33. The zero-order valence-corrected chi connectivity index (χ0v) is 20.8. The fraction of sp³-hybridized carbons (Fsp3) is 0.440. The van der Waals surface area contributed by atoms with Crippen molar-refractivity contribution < 1.29 is 32.3 Å². The van der Waals surface area contributed by atoms with Crippen LogP contribution in [0.5, 0.6) is 0 Å². The van der Waals surface area contributed by atoms with Gasteiger partial charge in [-0.25, -0.2) is 9.18 Å². The van der Waals surface area contributed by atoms with E-state index in [1.807, 2.05) is 0 Å². The summed E-state index contributed by atoms with van der Waals surface area (Å²) in [6.07, 6.45) is -3.73. The predicted molar refractivity (Wildman–Crippen MR) is 129 cm³/mol. The molecule has 2 aromatic carbocycles. The average Bonchev–Trinajstić information content (AvgIpc) is 2.76. The number of amides is 2. The summed E-state index contributed by atoms with van der Waals surface area (Å²) in [5.74, 6) is -1.55. The summed E-state index contributed by atoms with van der Waals surface area (Å²) in [6.45, 7) is 5.34. The Bertz CT molecular complexity index is 1200. The van der Waals surface area contributed by atoms with Crippen molar-refractivity contribution in [3.63, 3.8) is 0 Å². The number of halogens is 4. The molecule has 4 rings (SSSR count). The van der Waals surface area contributed by atoms with Gasteiger partial charge in [0.1, 0.15) is 5.82 Å². The van der Waals surface area contributed by atoms with Crippen LogP contribution >= 0.6 is 11.8 Å². The number of rotatable bonds is 3. The topological polar surface area (TPSA) is 81.7 Å². The molecule has 2 amide bonds. The monoisotopic (exact) mass is 525 g/mol. The number of carbonyl (C=O) groups is 2. The number of nitrogens with one attached hydrogen (secondary N) is 2. The molecule has 1 aliphatic heterocycles. The lowest BCUT2D eigenvalue weighted by Crippen LogP contribution is -2.53. The molecule has 1 saturated carbocycles. The van der Waals surface area contributed by atoms with Crippen molar-refractivity contribution in [3.05, 3.63) is 41.7 Å². The third-order valence-corrected chi connectivity index (χ3v) is 7.54. The van der Waals surface area contributed by atoms with E-state index < -0.39 is 41.0 Å². The molecule has 2 unspecified atom stereocenters. The molecule has 0 radical (unpaired) electrons. The van der Waals surface area contributed by atoms with Gasteiger partial charge in [0.2, 0.25) is 5.91 Å². The van der Waals surface area contributed by atoms with Gasteiger partial charge in [-0.3, -0.25) is 4.79 Å². The highest BCUT2D eigenvalue weighted by Crippen LogP contribution is 2.49. The summed E-state index contributed by atoms with van der Waals surface area (Å²) in [5, 5.41) is 15.4. The number of benzene rings is 2. The fourth-order valence-electron chi connectivity index (χ4n) is 4.89. The second-order valence-electron chi connectivity index (χ2n) is 10.1. The van der Waals surface area contributed by atoms with Crippen LogP contribution < -0.4 is 10.6 Å². The van der Waals surface area contributed by atoms with Gasteiger partial charge in [0.25, 0.3) is 0 Å². The first kappa shape index (κ1) is 26.1. The first-order valence-electron chi connectivity index (χ1n) is 11.6. The van der Waals surface area contributed by atoms with Crippen molar-refractivity contribution in [3.8, 4) is 0 Å². The Labute approximate surface area is 210 Å². The number of alkyl halides is 3. The van der Waals surface area contributed by atoms with Gasteiger partial charge in [0.05, 0.1) is 22.6 Å². The zero-order chi connectivity index (χ0) is 26.4. The Hall–Kier alpha value is -2.95. The maximum absolute atomic E-state index is 13.8. The van der Waals surface area contributed by atoms with E-state index in [1.165, 1.54) is 23.1 Å². The van der Waals surface area contributed by atoms with E-state index in [0.29, 0.717) is 29.8 Å². The highest BCUT2D eigenvalue weighted by Gasteiger charge is 2.39. The third-order valence-electron chi connectivity index (χ3n) is 6.42. The Morgan fingerprint density at radius 1 is 1.11 bits per heavy atom. The highest BCUT2D eigenvalue weighted by atomic mass is 32.2. The Balaban J connectivity index is 1.62. The normalized spacial score (nSPS) is 19.5. The minimum Gasteiger partial charge on any atom is -0.465 e. The van der Waals surface area contributed by atoms with Gasteiger partial charge in [0.15, 0.2) is 0 Å². The fourth-order valence-corrected chi connectivity index (χ4v) is 5.93. The van der Waals surface area contributed by atoms with Gasteiger partial charge in [-0.05, 0) is 70.4 Å². The maximum atomic E-state index is 13.8. The number of carbonyl (C=O) groups excluding carboxylic acids is 1. The molecule has 1 aliphatic carbocycles. The van der Waals surface area contributed by atoms with Crippen LogP contribution in [0.25, 0.3) is 0 Å². The van der Waals surface area contributed by atoms with Gasteiger partial charge in [-0.2, -0.15) is 13.2 Å². The van der Waals surface area contributed by atoms with Gasteiger partial charge in [0, 0.05) is 27.3 Å². The molecule has 0 spiro atoms. The summed E-state index contributed by atoms with van der Waals surface area (Å²) in [6, 6.07) is 5.44. The van der Waals surface area contributed by atoms with Crippen LogP contribution in [-0.4, -0.2) is 33.6 Å². The van der Waals surface area contributed by atoms with Gasteiger partial charge < -0.3 is 20.6 Å². The van der Waals surface area contributed by atoms with Crippen LogP contribution in [0.2, 0.25) is 0 Å². The minimum absolute atomic E-state index is 0.0553. The molecular weight excluding hydrogens is 498 g/mol. The van der Waals surface area contributed by atoms with E-state index >= 15 is 0 Å². The molecular formula is C25H27F4N3O3S. The number of hydrogen-bond donors (Lipinski definition) is 3. The molecule has 11 heteroatoms. The highest BCUT2D eigenvalue weighted by molar-refractivity contribution is 7.99.